The van der Waals surface area contributed by atoms with Crippen LogP contribution in [0.1, 0.15) is 32.6 Å². The minimum absolute atomic E-state index is 0.197. The Kier molecular flexibility index (Phi) is 2.28. The molecule has 1 saturated carbocycles. The summed E-state index contributed by atoms with van der Waals surface area (Å²) in [6, 6.07) is 0. The van der Waals surface area contributed by atoms with Crippen LogP contribution in [0.15, 0.2) is 0 Å². The van der Waals surface area contributed by atoms with E-state index in [0.29, 0.717) is 5.92 Å². The molecule has 0 unspecified atom stereocenters. The zero-order valence-electron chi connectivity index (χ0n) is 7.90. The van der Waals surface area contributed by atoms with Crippen LogP contribution in [0.3, 0.4) is 0 Å². The summed E-state index contributed by atoms with van der Waals surface area (Å²) in [5, 5.41) is 8.91. The lowest BCUT2D eigenvalue weighted by atomic mass is 9.79. The average Bonchev–Trinajstić information content (AvgIpc) is 2.45. The quantitative estimate of drug-likeness (QED) is 0.674. The van der Waals surface area contributed by atoms with E-state index in [4.69, 9.17) is 9.84 Å². The van der Waals surface area contributed by atoms with E-state index in [1.807, 2.05) is 6.92 Å². The molecule has 3 heteroatoms. The SMILES string of the molecule is C[C@H]1[C@H]2CCCC[C@H]2O[C@H]1C(=O)O. The van der Waals surface area contributed by atoms with Gasteiger partial charge in [-0.3, -0.25) is 0 Å². The minimum Gasteiger partial charge on any atom is -0.479 e. The number of hydrogen-bond acceptors (Lipinski definition) is 2. The molecule has 0 amide bonds. The van der Waals surface area contributed by atoms with E-state index >= 15 is 0 Å². The highest BCUT2D eigenvalue weighted by Crippen LogP contribution is 2.41. The maximum Gasteiger partial charge on any atom is 0.333 e. The normalized spacial score (nSPS) is 44.4. The van der Waals surface area contributed by atoms with Crippen LogP contribution in [0, 0.1) is 11.8 Å². The van der Waals surface area contributed by atoms with Crippen LogP contribution in [0.25, 0.3) is 0 Å². The lowest BCUT2D eigenvalue weighted by molar-refractivity contribution is -0.151. The molecule has 0 bridgehead atoms. The summed E-state index contributed by atoms with van der Waals surface area (Å²) in [4.78, 5) is 10.8. The fraction of sp³-hybridized carbons (Fsp3) is 0.900. The molecule has 13 heavy (non-hydrogen) atoms. The van der Waals surface area contributed by atoms with Crippen molar-refractivity contribution < 1.29 is 14.6 Å². The zero-order valence-corrected chi connectivity index (χ0v) is 7.90. The molecule has 0 aromatic carbocycles. The van der Waals surface area contributed by atoms with Gasteiger partial charge in [0.2, 0.25) is 0 Å². The third kappa shape index (κ3) is 1.46. The summed E-state index contributed by atoms with van der Waals surface area (Å²) < 4.78 is 5.54. The molecule has 2 aliphatic rings. The van der Waals surface area contributed by atoms with Gasteiger partial charge in [0.15, 0.2) is 6.10 Å². The van der Waals surface area contributed by atoms with Gasteiger partial charge in [0.05, 0.1) is 6.10 Å². The standard InChI is InChI=1S/C10H16O3/c1-6-7-4-2-3-5-8(7)13-9(6)10(11)12/h6-9H,2-5H2,1H3,(H,11,12)/t6-,7+,8+,9+/m0/s1. The van der Waals surface area contributed by atoms with E-state index in [-0.39, 0.29) is 12.0 Å². The first-order chi connectivity index (χ1) is 6.20. The second kappa shape index (κ2) is 3.29. The Morgan fingerprint density at radius 2 is 2.08 bits per heavy atom. The van der Waals surface area contributed by atoms with Crippen LogP contribution in [0.4, 0.5) is 0 Å². The van der Waals surface area contributed by atoms with E-state index in [1.54, 1.807) is 0 Å². The van der Waals surface area contributed by atoms with Crippen molar-refractivity contribution >= 4 is 5.97 Å². The Hall–Kier alpha value is -0.570. The number of aliphatic carboxylic acids is 1. The van der Waals surface area contributed by atoms with E-state index in [0.717, 1.165) is 12.8 Å². The van der Waals surface area contributed by atoms with Crippen LogP contribution in [0.2, 0.25) is 0 Å². The topological polar surface area (TPSA) is 46.5 Å². The lowest BCUT2D eigenvalue weighted by Gasteiger charge is -2.25. The van der Waals surface area contributed by atoms with Gasteiger partial charge >= 0.3 is 5.97 Å². The predicted molar refractivity (Wildman–Crippen MR) is 47.4 cm³/mol. The Morgan fingerprint density at radius 1 is 1.38 bits per heavy atom. The maximum atomic E-state index is 10.8. The highest BCUT2D eigenvalue weighted by atomic mass is 16.5. The molecule has 3 nitrogen and oxygen atoms in total. The van der Waals surface area contributed by atoms with Crippen LogP contribution < -0.4 is 0 Å². The second-order valence-electron chi connectivity index (χ2n) is 4.24. The summed E-state index contributed by atoms with van der Waals surface area (Å²) >= 11 is 0. The van der Waals surface area contributed by atoms with Gasteiger partial charge < -0.3 is 9.84 Å². The van der Waals surface area contributed by atoms with Crippen molar-refractivity contribution in [1.29, 1.82) is 0 Å². The molecule has 0 radical (unpaired) electrons. The molecule has 1 N–H and O–H groups in total. The van der Waals surface area contributed by atoms with Gasteiger partial charge in [0.1, 0.15) is 0 Å². The molecule has 4 atom stereocenters. The first-order valence-electron chi connectivity index (χ1n) is 5.08. The second-order valence-corrected chi connectivity index (χ2v) is 4.24. The van der Waals surface area contributed by atoms with Crippen LogP contribution in [-0.4, -0.2) is 23.3 Å². The monoisotopic (exact) mass is 184 g/mol. The molecule has 2 rings (SSSR count). The van der Waals surface area contributed by atoms with Gasteiger partial charge in [0, 0.05) is 0 Å². The molecule has 2 fully saturated rings. The molecule has 74 valence electrons. The summed E-state index contributed by atoms with van der Waals surface area (Å²) in [5.41, 5.74) is 0. The Labute approximate surface area is 78.1 Å². The third-order valence-corrected chi connectivity index (χ3v) is 3.47. The van der Waals surface area contributed by atoms with E-state index in [2.05, 4.69) is 0 Å². The first-order valence-corrected chi connectivity index (χ1v) is 5.08. The third-order valence-electron chi connectivity index (χ3n) is 3.47. The number of hydrogen-bond donors (Lipinski definition) is 1. The van der Waals surface area contributed by atoms with E-state index in [9.17, 15) is 4.79 Å². The van der Waals surface area contributed by atoms with Gasteiger partial charge in [-0.05, 0) is 24.7 Å². The largest absolute Gasteiger partial charge is 0.479 e. The molecule has 0 aromatic rings. The molecule has 0 aromatic heterocycles. The van der Waals surface area contributed by atoms with Gasteiger partial charge in [-0.1, -0.05) is 19.8 Å². The molecular weight excluding hydrogens is 168 g/mol. The number of carboxylic acid groups (broad SMARTS) is 1. The van der Waals surface area contributed by atoms with Crippen molar-refractivity contribution in [2.45, 2.75) is 44.8 Å². The van der Waals surface area contributed by atoms with Crippen molar-refractivity contribution in [2.75, 3.05) is 0 Å². The summed E-state index contributed by atoms with van der Waals surface area (Å²) in [5.74, 6) is -0.0976. The lowest BCUT2D eigenvalue weighted by Crippen LogP contribution is -2.26. The number of carbonyl (C=O) groups is 1. The highest BCUT2D eigenvalue weighted by molar-refractivity contribution is 5.73. The maximum absolute atomic E-state index is 10.8. The summed E-state index contributed by atoms with van der Waals surface area (Å²) in [6.45, 7) is 2.01. The van der Waals surface area contributed by atoms with Crippen molar-refractivity contribution in [3.8, 4) is 0 Å². The Morgan fingerprint density at radius 3 is 2.69 bits per heavy atom. The highest BCUT2D eigenvalue weighted by Gasteiger charge is 2.45. The number of rotatable bonds is 1. The van der Waals surface area contributed by atoms with Gasteiger partial charge in [-0.2, -0.15) is 0 Å². The Balaban J connectivity index is 2.09. The van der Waals surface area contributed by atoms with Crippen molar-refractivity contribution in [3.63, 3.8) is 0 Å². The van der Waals surface area contributed by atoms with Gasteiger partial charge in [-0.25, -0.2) is 4.79 Å². The van der Waals surface area contributed by atoms with Gasteiger partial charge in [0.25, 0.3) is 0 Å². The van der Waals surface area contributed by atoms with Crippen molar-refractivity contribution in [3.05, 3.63) is 0 Å². The molecule has 1 saturated heterocycles. The number of fused-ring (bicyclic) bond motifs is 1. The van der Waals surface area contributed by atoms with Gasteiger partial charge in [-0.15, -0.1) is 0 Å². The number of ether oxygens (including phenoxy) is 1. The molecular formula is C10H16O3. The summed E-state index contributed by atoms with van der Waals surface area (Å²) in [6.07, 6.45) is 4.31. The van der Waals surface area contributed by atoms with E-state index < -0.39 is 12.1 Å². The summed E-state index contributed by atoms with van der Waals surface area (Å²) in [7, 11) is 0. The van der Waals surface area contributed by atoms with Crippen molar-refractivity contribution in [1.82, 2.24) is 0 Å². The van der Waals surface area contributed by atoms with Crippen molar-refractivity contribution in [2.24, 2.45) is 11.8 Å². The predicted octanol–water partition coefficient (Wildman–Crippen LogP) is 1.66. The Bertz CT molecular complexity index is 214. The number of carboxylic acids is 1. The molecule has 1 aliphatic carbocycles. The fourth-order valence-corrected chi connectivity index (χ4v) is 2.72. The average molecular weight is 184 g/mol. The fourth-order valence-electron chi connectivity index (χ4n) is 2.72. The van der Waals surface area contributed by atoms with E-state index in [1.165, 1.54) is 12.8 Å². The zero-order chi connectivity index (χ0) is 9.42. The molecule has 0 spiro atoms. The first kappa shape index (κ1) is 9.00. The van der Waals surface area contributed by atoms with Crippen LogP contribution in [-0.2, 0) is 9.53 Å². The van der Waals surface area contributed by atoms with Crippen LogP contribution in [0.5, 0.6) is 0 Å². The molecule has 1 heterocycles. The minimum atomic E-state index is -0.790. The smallest absolute Gasteiger partial charge is 0.333 e. The van der Waals surface area contributed by atoms with Crippen LogP contribution >= 0.6 is 0 Å². The molecule has 1 aliphatic heterocycles.